The monoisotopic (exact) mass is 326 g/mol. The molecule has 4 nitrogen and oxygen atoms in total. The number of aryl methyl sites for hydroxylation is 1. The summed E-state index contributed by atoms with van der Waals surface area (Å²) in [4.78, 5) is 14.3. The van der Waals surface area contributed by atoms with Gasteiger partial charge in [-0.25, -0.2) is 0 Å². The lowest BCUT2D eigenvalue weighted by molar-refractivity contribution is -0.133. The van der Waals surface area contributed by atoms with Crippen molar-refractivity contribution >= 4 is 18.3 Å². The van der Waals surface area contributed by atoms with Crippen LogP contribution in [0.4, 0.5) is 0 Å². The maximum atomic E-state index is 12.3. The van der Waals surface area contributed by atoms with E-state index in [0.29, 0.717) is 12.3 Å². The van der Waals surface area contributed by atoms with Gasteiger partial charge in [0.15, 0.2) is 0 Å². The van der Waals surface area contributed by atoms with Gasteiger partial charge in [0, 0.05) is 19.5 Å². The minimum atomic E-state index is 0. The normalized spacial score (nSPS) is 17.7. The Morgan fingerprint density at radius 1 is 1.36 bits per heavy atom. The van der Waals surface area contributed by atoms with Gasteiger partial charge in [-0.1, -0.05) is 12.1 Å². The molecule has 2 rings (SSSR count). The van der Waals surface area contributed by atoms with Crippen LogP contribution in [0.15, 0.2) is 24.3 Å². The molecule has 0 radical (unpaired) electrons. The number of hydrogen-bond donors (Lipinski definition) is 1. The third kappa shape index (κ3) is 5.50. The fourth-order valence-electron chi connectivity index (χ4n) is 2.96. The topological polar surface area (TPSA) is 55.6 Å². The lowest BCUT2D eigenvalue weighted by Crippen LogP contribution is -2.40. The molecule has 2 N–H and O–H groups in total. The highest BCUT2D eigenvalue weighted by atomic mass is 35.5. The van der Waals surface area contributed by atoms with Crippen LogP contribution in [0.5, 0.6) is 5.75 Å². The van der Waals surface area contributed by atoms with E-state index in [-0.39, 0.29) is 18.3 Å². The molecule has 0 saturated carbocycles. The molecular formula is C17H27ClN2O2. The largest absolute Gasteiger partial charge is 0.497 e. The second kappa shape index (κ2) is 9.70. The van der Waals surface area contributed by atoms with Gasteiger partial charge < -0.3 is 15.4 Å². The van der Waals surface area contributed by atoms with Crippen molar-refractivity contribution in [2.45, 2.75) is 32.1 Å². The minimum absolute atomic E-state index is 0. The van der Waals surface area contributed by atoms with Crippen molar-refractivity contribution < 1.29 is 9.53 Å². The van der Waals surface area contributed by atoms with Crippen LogP contribution in [0, 0.1) is 5.92 Å². The molecule has 1 amide bonds. The highest BCUT2D eigenvalue weighted by Crippen LogP contribution is 2.20. The maximum Gasteiger partial charge on any atom is 0.222 e. The van der Waals surface area contributed by atoms with Crippen molar-refractivity contribution in [1.29, 1.82) is 0 Å². The highest BCUT2D eigenvalue weighted by molar-refractivity contribution is 5.85. The van der Waals surface area contributed by atoms with Crippen molar-refractivity contribution in [3.63, 3.8) is 0 Å². The van der Waals surface area contributed by atoms with Crippen LogP contribution in [-0.2, 0) is 11.2 Å². The Labute approximate surface area is 139 Å². The first-order valence-electron chi connectivity index (χ1n) is 7.83. The second-order valence-corrected chi connectivity index (χ2v) is 5.77. The smallest absolute Gasteiger partial charge is 0.222 e. The molecule has 0 spiro atoms. The molecular weight excluding hydrogens is 300 g/mol. The van der Waals surface area contributed by atoms with Crippen LogP contribution in [0.3, 0.4) is 0 Å². The second-order valence-electron chi connectivity index (χ2n) is 5.77. The van der Waals surface area contributed by atoms with E-state index >= 15 is 0 Å². The van der Waals surface area contributed by atoms with Crippen molar-refractivity contribution in [3.8, 4) is 5.75 Å². The molecule has 0 aliphatic carbocycles. The van der Waals surface area contributed by atoms with Crippen LogP contribution >= 0.6 is 12.4 Å². The lowest BCUT2D eigenvalue weighted by Gasteiger charge is -2.32. The summed E-state index contributed by atoms with van der Waals surface area (Å²) in [5, 5.41) is 0. The molecule has 1 unspecified atom stereocenters. The third-order valence-corrected chi connectivity index (χ3v) is 4.23. The Morgan fingerprint density at radius 2 is 2.09 bits per heavy atom. The van der Waals surface area contributed by atoms with Gasteiger partial charge in [0.25, 0.3) is 0 Å². The zero-order chi connectivity index (χ0) is 15.1. The predicted octanol–water partition coefficient (Wildman–Crippen LogP) is 2.64. The lowest BCUT2D eigenvalue weighted by atomic mass is 9.94. The number of likely N-dealkylation sites (tertiary alicyclic amines) is 1. The van der Waals surface area contributed by atoms with Crippen LogP contribution in [0.2, 0.25) is 0 Å². The summed E-state index contributed by atoms with van der Waals surface area (Å²) < 4.78 is 5.14. The van der Waals surface area contributed by atoms with E-state index < -0.39 is 0 Å². The number of amides is 1. The molecule has 1 atom stereocenters. The molecule has 1 fully saturated rings. The molecule has 1 saturated heterocycles. The van der Waals surface area contributed by atoms with Crippen molar-refractivity contribution in [1.82, 2.24) is 4.90 Å². The Hall–Kier alpha value is -1.26. The molecule has 124 valence electrons. The summed E-state index contributed by atoms with van der Waals surface area (Å²) in [6.45, 7) is 2.51. The van der Waals surface area contributed by atoms with Gasteiger partial charge >= 0.3 is 0 Å². The van der Waals surface area contributed by atoms with Crippen molar-refractivity contribution in [3.05, 3.63) is 29.8 Å². The minimum Gasteiger partial charge on any atom is -0.497 e. The standard InChI is InChI=1S/C17H26N2O2.ClH/c1-21-16-7-4-14(5-8-16)6-9-17(20)19-12-2-3-15(13-19)10-11-18;/h4-5,7-8,15H,2-3,6,9-13,18H2,1H3;1H. The SMILES string of the molecule is COc1ccc(CCC(=O)N2CCCC(CCN)C2)cc1.Cl. The molecule has 1 heterocycles. The van der Waals surface area contributed by atoms with Crippen LogP contribution in [-0.4, -0.2) is 37.6 Å². The number of ether oxygens (including phenoxy) is 1. The van der Waals surface area contributed by atoms with E-state index in [0.717, 1.165) is 44.6 Å². The summed E-state index contributed by atoms with van der Waals surface area (Å²) in [6.07, 6.45) is 4.73. The van der Waals surface area contributed by atoms with E-state index in [1.165, 1.54) is 12.0 Å². The van der Waals surface area contributed by atoms with Gasteiger partial charge in [0.05, 0.1) is 7.11 Å². The van der Waals surface area contributed by atoms with Gasteiger partial charge in [-0.3, -0.25) is 4.79 Å². The first-order valence-corrected chi connectivity index (χ1v) is 7.83. The van der Waals surface area contributed by atoms with Crippen molar-refractivity contribution in [2.75, 3.05) is 26.7 Å². The summed E-state index contributed by atoms with van der Waals surface area (Å²) in [7, 11) is 1.66. The molecule has 1 aromatic carbocycles. The van der Waals surface area contributed by atoms with Crippen molar-refractivity contribution in [2.24, 2.45) is 11.7 Å². The van der Waals surface area contributed by atoms with Gasteiger partial charge in [0.1, 0.15) is 5.75 Å². The average molecular weight is 327 g/mol. The number of halogens is 1. The Bertz CT molecular complexity index is 448. The Morgan fingerprint density at radius 3 is 2.73 bits per heavy atom. The van der Waals surface area contributed by atoms with Gasteiger partial charge in [-0.2, -0.15) is 0 Å². The number of nitrogens with two attached hydrogens (primary N) is 1. The fraction of sp³-hybridized carbons (Fsp3) is 0.588. The summed E-state index contributed by atoms with van der Waals surface area (Å²) in [5.41, 5.74) is 6.81. The third-order valence-electron chi connectivity index (χ3n) is 4.23. The van der Waals surface area contributed by atoms with Gasteiger partial charge in [-0.05, 0) is 55.8 Å². The number of carbonyl (C=O) groups is 1. The fourth-order valence-corrected chi connectivity index (χ4v) is 2.96. The molecule has 0 bridgehead atoms. The van der Waals surface area contributed by atoms with E-state index in [2.05, 4.69) is 0 Å². The molecule has 1 aromatic rings. The number of rotatable bonds is 6. The number of hydrogen-bond acceptors (Lipinski definition) is 3. The number of carbonyl (C=O) groups excluding carboxylic acids is 1. The Kier molecular flexibility index (Phi) is 8.28. The molecule has 1 aliphatic rings. The van der Waals surface area contributed by atoms with Crippen LogP contribution in [0.1, 0.15) is 31.2 Å². The zero-order valence-corrected chi connectivity index (χ0v) is 14.1. The number of methoxy groups -OCH3 is 1. The predicted molar refractivity (Wildman–Crippen MR) is 91.5 cm³/mol. The quantitative estimate of drug-likeness (QED) is 0.874. The summed E-state index contributed by atoms with van der Waals surface area (Å²) >= 11 is 0. The van der Waals surface area contributed by atoms with E-state index in [4.69, 9.17) is 10.5 Å². The Balaban J connectivity index is 0.00000242. The zero-order valence-electron chi connectivity index (χ0n) is 13.3. The molecule has 5 heteroatoms. The maximum absolute atomic E-state index is 12.3. The highest BCUT2D eigenvalue weighted by Gasteiger charge is 2.22. The van der Waals surface area contributed by atoms with E-state index in [1.54, 1.807) is 7.11 Å². The van der Waals surface area contributed by atoms with Crippen LogP contribution in [0.25, 0.3) is 0 Å². The van der Waals surface area contributed by atoms with E-state index in [1.807, 2.05) is 29.2 Å². The molecule has 1 aliphatic heterocycles. The number of piperidine rings is 1. The summed E-state index contributed by atoms with van der Waals surface area (Å²) in [6, 6.07) is 7.94. The number of benzene rings is 1. The average Bonchev–Trinajstić information content (AvgIpc) is 2.53. The summed E-state index contributed by atoms with van der Waals surface area (Å²) in [5.74, 6) is 1.71. The van der Waals surface area contributed by atoms with E-state index in [9.17, 15) is 4.79 Å². The number of nitrogens with zero attached hydrogens (tertiary/aromatic N) is 1. The molecule has 0 aromatic heterocycles. The molecule has 22 heavy (non-hydrogen) atoms. The first kappa shape index (κ1) is 18.8. The van der Waals surface area contributed by atoms with Gasteiger partial charge in [0.2, 0.25) is 5.91 Å². The van der Waals surface area contributed by atoms with Crippen LogP contribution < -0.4 is 10.5 Å². The van der Waals surface area contributed by atoms with Gasteiger partial charge in [-0.15, -0.1) is 12.4 Å². The first-order chi connectivity index (χ1) is 10.2.